The first-order valence-corrected chi connectivity index (χ1v) is 7.34. The molecule has 0 aliphatic carbocycles. The summed E-state index contributed by atoms with van der Waals surface area (Å²) in [6.07, 6.45) is 0.868. The van der Waals surface area contributed by atoms with Crippen LogP contribution in [0.1, 0.15) is 17.3 Å². The third-order valence-electron chi connectivity index (χ3n) is 3.13. The normalized spacial score (nSPS) is 10.7. The number of hydrogen-bond acceptors (Lipinski definition) is 3. The van der Waals surface area contributed by atoms with Crippen molar-refractivity contribution in [2.75, 3.05) is 6.61 Å². The lowest BCUT2D eigenvalue weighted by Crippen LogP contribution is -1.94. The van der Waals surface area contributed by atoms with E-state index < -0.39 is 0 Å². The van der Waals surface area contributed by atoms with Gasteiger partial charge in [-0.25, -0.2) is 0 Å². The summed E-state index contributed by atoms with van der Waals surface area (Å²) >= 11 is 1.71. The minimum Gasteiger partial charge on any atom is -0.493 e. The molecule has 3 heteroatoms. The summed E-state index contributed by atoms with van der Waals surface area (Å²) < 4.78 is 6.92. The highest BCUT2D eigenvalue weighted by Crippen LogP contribution is 2.38. The van der Waals surface area contributed by atoms with Gasteiger partial charge in [0.1, 0.15) is 12.0 Å². The van der Waals surface area contributed by atoms with Crippen LogP contribution >= 0.6 is 11.3 Å². The maximum absolute atomic E-state index is 11.0. The lowest BCUT2D eigenvalue weighted by Gasteiger charge is -2.09. The Morgan fingerprint density at radius 3 is 2.75 bits per heavy atom. The smallest absolute Gasteiger partial charge is 0.150 e. The van der Waals surface area contributed by atoms with Crippen LogP contribution in [0.15, 0.2) is 48.5 Å². The molecule has 0 saturated heterocycles. The fraction of sp³-hybridized carbons (Fsp3) is 0.118. The number of hydrogen-bond donors (Lipinski definition) is 0. The topological polar surface area (TPSA) is 26.3 Å². The molecule has 20 heavy (non-hydrogen) atoms. The Hall–Kier alpha value is -2.13. The molecule has 0 aliphatic rings. The SMILES string of the molecule is CCOc1ccc(C=O)cc1-c1cc2ccccc2s1. The predicted octanol–water partition coefficient (Wildman–Crippen LogP) is 4.78. The van der Waals surface area contributed by atoms with Gasteiger partial charge in [0, 0.05) is 20.7 Å². The van der Waals surface area contributed by atoms with Crippen LogP contribution in [0.25, 0.3) is 20.5 Å². The lowest BCUT2D eigenvalue weighted by molar-refractivity contribution is 0.112. The van der Waals surface area contributed by atoms with Crippen molar-refractivity contribution in [2.45, 2.75) is 6.92 Å². The van der Waals surface area contributed by atoms with E-state index in [0.29, 0.717) is 12.2 Å². The zero-order valence-corrected chi connectivity index (χ0v) is 11.9. The van der Waals surface area contributed by atoms with E-state index in [1.807, 2.05) is 31.2 Å². The van der Waals surface area contributed by atoms with Crippen molar-refractivity contribution < 1.29 is 9.53 Å². The molecule has 0 fully saturated rings. The number of aldehydes is 1. The summed E-state index contributed by atoms with van der Waals surface area (Å²) in [5, 5.41) is 1.21. The van der Waals surface area contributed by atoms with Crippen LogP contribution in [0.5, 0.6) is 5.75 Å². The minimum atomic E-state index is 0.609. The van der Waals surface area contributed by atoms with Crippen LogP contribution < -0.4 is 4.74 Å². The maximum atomic E-state index is 11.0. The van der Waals surface area contributed by atoms with Crippen molar-refractivity contribution in [2.24, 2.45) is 0 Å². The number of carbonyl (C=O) groups excluding carboxylic acids is 1. The molecule has 2 aromatic carbocycles. The van der Waals surface area contributed by atoms with Gasteiger partial charge in [-0.2, -0.15) is 0 Å². The molecule has 0 unspecified atom stereocenters. The fourth-order valence-electron chi connectivity index (χ4n) is 2.21. The standard InChI is InChI=1S/C17H14O2S/c1-2-19-15-8-7-12(11-18)9-14(15)17-10-13-5-3-4-6-16(13)20-17/h3-11H,2H2,1H3. The van der Waals surface area contributed by atoms with Crippen molar-refractivity contribution in [3.8, 4) is 16.2 Å². The molecule has 1 aromatic heterocycles. The highest BCUT2D eigenvalue weighted by Gasteiger charge is 2.10. The molecule has 3 rings (SSSR count). The first-order valence-electron chi connectivity index (χ1n) is 6.53. The zero-order chi connectivity index (χ0) is 13.9. The third kappa shape index (κ3) is 2.32. The Bertz CT molecular complexity index is 726. The summed E-state index contributed by atoms with van der Waals surface area (Å²) in [4.78, 5) is 12.1. The van der Waals surface area contributed by atoms with Crippen molar-refractivity contribution in [1.82, 2.24) is 0 Å². The molecule has 0 amide bonds. The van der Waals surface area contributed by atoms with E-state index in [9.17, 15) is 4.79 Å². The van der Waals surface area contributed by atoms with Gasteiger partial charge >= 0.3 is 0 Å². The number of fused-ring (bicyclic) bond motifs is 1. The van der Waals surface area contributed by atoms with Crippen LogP contribution in [0.2, 0.25) is 0 Å². The highest BCUT2D eigenvalue weighted by molar-refractivity contribution is 7.22. The van der Waals surface area contributed by atoms with E-state index in [1.165, 1.54) is 10.1 Å². The van der Waals surface area contributed by atoms with Gasteiger partial charge in [-0.05, 0) is 42.6 Å². The second-order valence-electron chi connectivity index (χ2n) is 4.45. The lowest BCUT2D eigenvalue weighted by atomic mass is 10.1. The van der Waals surface area contributed by atoms with Gasteiger partial charge in [-0.1, -0.05) is 18.2 Å². The van der Waals surface area contributed by atoms with E-state index in [-0.39, 0.29) is 0 Å². The van der Waals surface area contributed by atoms with E-state index in [1.54, 1.807) is 17.4 Å². The highest BCUT2D eigenvalue weighted by atomic mass is 32.1. The van der Waals surface area contributed by atoms with Crippen molar-refractivity contribution in [3.05, 3.63) is 54.1 Å². The average molecular weight is 282 g/mol. The first-order chi connectivity index (χ1) is 9.81. The Morgan fingerprint density at radius 2 is 2.00 bits per heavy atom. The molecular formula is C17H14O2S. The Morgan fingerprint density at radius 1 is 1.15 bits per heavy atom. The second-order valence-corrected chi connectivity index (χ2v) is 5.54. The Balaban J connectivity index is 2.17. The van der Waals surface area contributed by atoms with Gasteiger partial charge in [0.05, 0.1) is 6.61 Å². The number of benzene rings is 2. The van der Waals surface area contributed by atoms with E-state index in [4.69, 9.17) is 4.74 Å². The van der Waals surface area contributed by atoms with E-state index >= 15 is 0 Å². The second kappa shape index (κ2) is 5.47. The fourth-order valence-corrected chi connectivity index (χ4v) is 3.29. The zero-order valence-electron chi connectivity index (χ0n) is 11.1. The van der Waals surface area contributed by atoms with Gasteiger partial charge in [-0.3, -0.25) is 4.79 Å². The molecule has 2 nitrogen and oxygen atoms in total. The molecule has 0 aliphatic heterocycles. The molecule has 0 saturated carbocycles. The van der Waals surface area contributed by atoms with Gasteiger partial charge in [0.25, 0.3) is 0 Å². The largest absolute Gasteiger partial charge is 0.493 e. The summed E-state index contributed by atoms with van der Waals surface area (Å²) in [6.45, 7) is 2.57. The molecule has 3 aromatic rings. The summed E-state index contributed by atoms with van der Waals surface area (Å²) in [6, 6.07) is 16.0. The molecular weight excluding hydrogens is 268 g/mol. The predicted molar refractivity (Wildman–Crippen MR) is 83.8 cm³/mol. The summed E-state index contributed by atoms with van der Waals surface area (Å²) in [5.41, 5.74) is 1.65. The minimum absolute atomic E-state index is 0.609. The van der Waals surface area contributed by atoms with Crippen molar-refractivity contribution >= 4 is 27.7 Å². The molecule has 0 N–H and O–H groups in total. The van der Waals surface area contributed by atoms with Crippen LogP contribution in [-0.2, 0) is 0 Å². The molecule has 0 bridgehead atoms. The maximum Gasteiger partial charge on any atom is 0.150 e. The summed E-state index contributed by atoms with van der Waals surface area (Å²) in [7, 11) is 0. The van der Waals surface area contributed by atoms with Gasteiger partial charge < -0.3 is 4.74 Å². The molecule has 0 radical (unpaired) electrons. The molecule has 100 valence electrons. The van der Waals surface area contributed by atoms with E-state index in [2.05, 4.69) is 18.2 Å². The number of thiophene rings is 1. The molecule has 0 atom stereocenters. The third-order valence-corrected chi connectivity index (χ3v) is 4.28. The number of carbonyl (C=O) groups is 1. The van der Waals surface area contributed by atoms with Gasteiger partial charge in [-0.15, -0.1) is 11.3 Å². The molecule has 0 spiro atoms. The molecule has 1 heterocycles. The van der Waals surface area contributed by atoms with Crippen molar-refractivity contribution in [3.63, 3.8) is 0 Å². The van der Waals surface area contributed by atoms with Gasteiger partial charge in [0.15, 0.2) is 0 Å². The Kier molecular flexibility index (Phi) is 3.52. The van der Waals surface area contributed by atoms with Crippen LogP contribution in [0.3, 0.4) is 0 Å². The quantitative estimate of drug-likeness (QED) is 0.644. The summed E-state index contributed by atoms with van der Waals surface area (Å²) in [5.74, 6) is 0.824. The van der Waals surface area contributed by atoms with Crippen molar-refractivity contribution in [1.29, 1.82) is 0 Å². The number of ether oxygens (including phenoxy) is 1. The van der Waals surface area contributed by atoms with Crippen LogP contribution in [0.4, 0.5) is 0 Å². The van der Waals surface area contributed by atoms with Crippen LogP contribution in [-0.4, -0.2) is 12.9 Å². The Labute approximate surface area is 121 Å². The van der Waals surface area contributed by atoms with Gasteiger partial charge in [0.2, 0.25) is 0 Å². The first kappa shape index (κ1) is 12.9. The monoisotopic (exact) mass is 282 g/mol. The number of rotatable bonds is 4. The van der Waals surface area contributed by atoms with E-state index in [0.717, 1.165) is 22.5 Å². The average Bonchev–Trinajstić information content (AvgIpc) is 2.91. The van der Waals surface area contributed by atoms with Crippen LogP contribution in [0, 0.1) is 0 Å².